The molecule has 1 fully saturated rings. The van der Waals surface area contributed by atoms with Crippen LogP contribution in [-0.2, 0) is 9.59 Å². The number of carbonyl (C=O) groups is 2. The van der Waals surface area contributed by atoms with Crippen molar-refractivity contribution in [2.24, 2.45) is 5.92 Å². The molecule has 0 aromatic heterocycles. The summed E-state index contributed by atoms with van der Waals surface area (Å²) in [6, 6.07) is 17.5. The second-order valence-corrected chi connectivity index (χ2v) is 8.16. The molecule has 2 atom stereocenters. The Morgan fingerprint density at radius 3 is 2.23 bits per heavy atom. The van der Waals surface area contributed by atoms with E-state index in [0.717, 1.165) is 5.56 Å². The van der Waals surface area contributed by atoms with Gasteiger partial charge in [0.1, 0.15) is 11.6 Å². The first-order valence-corrected chi connectivity index (χ1v) is 11.2. The topological polar surface area (TPSA) is 77.1 Å². The predicted molar refractivity (Wildman–Crippen MR) is 131 cm³/mol. The van der Waals surface area contributed by atoms with Crippen molar-refractivity contribution >= 4 is 23.2 Å². The first-order valence-electron chi connectivity index (χ1n) is 11.2. The molecule has 2 amide bonds. The fourth-order valence-electron chi connectivity index (χ4n) is 4.40. The number of carbonyl (C=O) groups excluding carboxylic acids is 2. The average molecular weight is 479 g/mol. The Bertz CT molecular complexity index is 1200. The van der Waals surface area contributed by atoms with Crippen LogP contribution in [0.5, 0.6) is 17.2 Å². The summed E-state index contributed by atoms with van der Waals surface area (Å²) in [7, 11) is 4.65. The van der Waals surface area contributed by atoms with Gasteiger partial charge in [-0.2, -0.15) is 0 Å². The van der Waals surface area contributed by atoms with Crippen molar-refractivity contribution < 1.29 is 28.2 Å². The van der Waals surface area contributed by atoms with Gasteiger partial charge in [-0.1, -0.05) is 6.07 Å². The number of benzene rings is 3. The molecule has 0 saturated carbocycles. The van der Waals surface area contributed by atoms with E-state index in [1.165, 1.54) is 31.4 Å². The van der Waals surface area contributed by atoms with Gasteiger partial charge in [-0.25, -0.2) is 4.39 Å². The molecule has 1 saturated heterocycles. The summed E-state index contributed by atoms with van der Waals surface area (Å²) in [6.45, 7) is 0. The monoisotopic (exact) mass is 478 g/mol. The fraction of sp³-hybridized carbons (Fsp3) is 0.259. The normalized spacial score (nSPS) is 17.6. The lowest BCUT2D eigenvalue weighted by Gasteiger charge is -2.41. The summed E-state index contributed by atoms with van der Waals surface area (Å²) in [5.74, 6) is 0.380. The smallest absolute Gasteiger partial charge is 0.229 e. The molecule has 0 bridgehead atoms. The molecule has 0 spiro atoms. The minimum absolute atomic E-state index is 0.0965. The number of rotatable bonds is 7. The van der Waals surface area contributed by atoms with Crippen LogP contribution < -0.4 is 24.4 Å². The van der Waals surface area contributed by atoms with Crippen molar-refractivity contribution in [3.8, 4) is 17.2 Å². The standard InChI is InChI=1S/C27H27FN2O5/c1-33-21-11-9-20(10-12-21)30-25(31)15-13-22(27(32)29-19-7-5-18(28)6-8-19)26(30)17-4-14-23(34-2)24(16-17)35-3/h4-12,14,16,22,26H,13,15H2,1-3H3,(H,29,32)/t22-,26-/m1/s1. The quantitative estimate of drug-likeness (QED) is 0.519. The number of hydrogen-bond donors (Lipinski definition) is 1. The highest BCUT2D eigenvalue weighted by Gasteiger charge is 2.41. The van der Waals surface area contributed by atoms with Gasteiger partial charge in [-0.15, -0.1) is 0 Å². The molecule has 35 heavy (non-hydrogen) atoms. The van der Waals surface area contributed by atoms with Gasteiger partial charge in [0.05, 0.1) is 33.3 Å². The number of ether oxygens (including phenoxy) is 3. The van der Waals surface area contributed by atoms with Crippen molar-refractivity contribution in [1.82, 2.24) is 0 Å². The number of nitrogens with zero attached hydrogens (tertiary/aromatic N) is 1. The molecule has 0 radical (unpaired) electrons. The maximum Gasteiger partial charge on any atom is 0.229 e. The Labute approximate surface area is 203 Å². The van der Waals surface area contributed by atoms with E-state index >= 15 is 0 Å². The van der Waals surface area contributed by atoms with Crippen molar-refractivity contribution in [3.63, 3.8) is 0 Å². The van der Waals surface area contributed by atoms with Crippen LogP contribution in [0.1, 0.15) is 24.4 Å². The molecule has 1 N–H and O–H groups in total. The Kier molecular flexibility index (Phi) is 7.19. The van der Waals surface area contributed by atoms with Gasteiger partial charge in [0.25, 0.3) is 0 Å². The largest absolute Gasteiger partial charge is 0.497 e. The lowest BCUT2D eigenvalue weighted by Crippen LogP contribution is -2.47. The maximum absolute atomic E-state index is 13.5. The molecule has 1 aliphatic heterocycles. The summed E-state index contributed by atoms with van der Waals surface area (Å²) in [5, 5.41) is 2.88. The summed E-state index contributed by atoms with van der Waals surface area (Å²) >= 11 is 0. The zero-order valence-electron chi connectivity index (χ0n) is 19.8. The molecule has 3 aromatic rings. The van der Waals surface area contributed by atoms with E-state index < -0.39 is 12.0 Å². The average Bonchev–Trinajstić information content (AvgIpc) is 2.89. The van der Waals surface area contributed by atoms with E-state index in [1.807, 2.05) is 6.07 Å². The van der Waals surface area contributed by atoms with Crippen molar-refractivity contribution in [2.75, 3.05) is 31.5 Å². The van der Waals surface area contributed by atoms with Crippen LogP contribution in [0.2, 0.25) is 0 Å². The van der Waals surface area contributed by atoms with Crippen LogP contribution >= 0.6 is 0 Å². The number of halogens is 1. The summed E-state index contributed by atoms with van der Waals surface area (Å²) in [6.07, 6.45) is 0.564. The number of amides is 2. The highest BCUT2D eigenvalue weighted by molar-refractivity contribution is 6.00. The third kappa shape index (κ3) is 5.06. The Morgan fingerprint density at radius 1 is 0.914 bits per heavy atom. The minimum atomic E-state index is -0.607. The number of methoxy groups -OCH3 is 3. The van der Waals surface area contributed by atoms with Gasteiger partial charge < -0.3 is 24.4 Å². The van der Waals surface area contributed by atoms with E-state index in [2.05, 4.69) is 5.32 Å². The molecule has 0 unspecified atom stereocenters. The number of hydrogen-bond acceptors (Lipinski definition) is 5. The first-order chi connectivity index (χ1) is 16.9. The first kappa shape index (κ1) is 24.1. The SMILES string of the molecule is COc1ccc(N2C(=O)CC[C@@H](C(=O)Nc3ccc(F)cc3)[C@H]2c2ccc(OC)c(OC)c2)cc1. The van der Waals surface area contributed by atoms with Gasteiger partial charge >= 0.3 is 0 Å². The fourth-order valence-corrected chi connectivity index (χ4v) is 4.40. The third-order valence-electron chi connectivity index (χ3n) is 6.15. The molecule has 8 heteroatoms. The zero-order chi connectivity index (χ0) is 24.9. The summed E-state index contributed by atoms with van der Waals surface area (Å²) < 4.78 is 29.5. The van der Waals surface area contributed by atoms with E-state index in [0.29, 0.717) is 35.0 Å². The molecule has 1 heterocycles. The molecule has 4 rings (SSSR count). The third-order valence-corrected chi connectivity index (χ3v) is 6.15. The van der Waals surface area contributed by atoms with Gasteiger partial charge in [0.2, 0.25) is 11.8 Å². The molecular weight excluding hydrogens is 451 g/mol. The van der Waals surface area contributed by atoms with Crippen LogP contribution in [-0.4, -0.2) is 33.1 Å². The van der Waals surface area contributed by atoms with Gasteiger partial charge in [0.15, 0.2) is 11.5 Å². The van der Waals surface area contributed by atoms with Crippen molar-refractivity contribution in [2.45, 2.75) is 18.9 Å². The Balaban J connectivity index is 1.77. The minimum Gasteiger partial charge on any atom is -0.497 e. The molecule has 1 aliphatic rings. The van der Waals surface area contributed by atoms with E-state index in [4.69, 9.17) is 14.2 Å². The Hall–Kier alpha value is -4.07. The van der Waals surface area contributed by atoms with Crippen LogP contribution in [0.3, 0.4) is 0 Å². The highest BCUT2D eigenvalue weighted by atomic mass is 19.1. The van der Waals surface area contributed by atoms with Gasteiger partial charge in [-0.05, 0) is 72.6 Å². The molecule has 0 aliphatic carbocycles. The highest BCUT2D eigenvalue weighted by Crippen LogP contribution is 2.43. The lowest BCUT2D eigenvalue weighted by atomic mass is 9.83. The Morgan fingerprint density at radius 2 is 1.60 bits per heavy atom. The molecule has 7 nitrogen and oxygen atoms in total. The molecule has 3 aromatic carbocycles. The van der Waals surface area contributed by atoms with Crippen molar-refractivity contribution in [3.05, 3.63) is 78.1 Å². The van der Waals surface area contributed by atoms with Crippen molar-refractivity contribution in [1.29, 1.82) is 0 Å². The van der Waals surface area contributed by atoms with Gasteiger partial charge in [-0.3, -0.25) is 9.59 Å². The maximum atomic E-state index is 13.5. The summed E-state index contributed by atoms with van der Waals surface area (Å²) in [5.41, 5.74) is 1.86. The predicted octanol–water partition coefficient (Wildman–Crippen LogP) is 4.97. The second kappa shape index (κ2) is 10.5. The molecular formula is C27H27FN2O5. The van der Waals surface area contributed by atoms with Crippen LogP contribution in [0.25, 0.3) is 0 Å². The van der Waals surface area contributed by atoms with E-state index in [-0.39, 0.29) is 24.1 Å². The van der Waals surface area contributed by atoms with Crippen LogP contribution in [0, 0.1) is 11.7 Å². The zero-order valence-corrected chi connectivity index (χ0v) is 19.8. The van der Waals surface area contributed by atoms with E-state index in [9.17, 15) is 14.0 Å². The van der Waals surface area contributed by atoms with Crippen LogP contribution in [0.15, 0.2) is 66.7 Å². The number of nitrogens with one attached hydrogen (secondary N) is 1. The van der Waals surface area contributed by atoms with E-state index in [1.54, 1.807) is 55.5 Å². The molecule has 182 valence electrons. The number of piperidine rings is 1. The number of anilines is 2. The second-order valence-electron chi connectivity index (χ2n) is 8.16. The lowest BCUT2D eigenvalue weighted by molar-refractivity contribution is -0.125. The van der Waals surface area contributed by atoms with Gasteiger partial charge in [0, 0.05) is 17.8 Å². The van der Waals surface area contributed by atoms with Crippen LogP contribution in [0.4, 0.5) is 15.8 Å². The summed E-state index contributed by atoms with van der Waals surface area (Å²) in [4.78, 5) is 28.4.